The second-order valence-corrected chi connectivity index (χ2v) is 8.95. The van der Waals surface area contributed by atoms with E-state index in [0.29, 0.717) is 17.9 Å². The molecule has 0 radical (unpaired) electrons. The monoisotopic (exact) mass is 336 g/mol. The van der Waals surface area contributed by atoms with Gasteiger partial charge in [0.1, 0.15) is 0 Å². The van der Waals surface area contributed by atoms with Gasteiger partial charge in [0.25, 0.3) is 0 Å². The zero-order chi connectivity index (χ0) is 17.7. The summed E-state index contributed by atoms with van der Waals surface area (Å²) in [7, 11) is 0. The van der Waals surface area contributed by atoms with E-state index in [9.17, 15) is 4.79 Å². The molecule has 0 N–H and O–H groups in total. The molecule has 2 rings (SSSR count). The average Bonchev–Trinajstić information content (AvgIpc) is 2.59. The molecule has 0 aromatic heterocycles. The quantitative estimate of drug-likeness (QED) is 0.717. The topological polar surface area (TPSA) is 23.6 Å². The molecule has 2 aliphatic rings. The minimum absolute atomic E-state index is 0.406. The molecule has 1 amide bonds. The number of amides is 1. The summed E-state index contributed by atoms with van der Waals surface area (Å²) in [5.41, 5.74) is 0. The maximum absolute atomic E-state index is 12.5. The highest BCUT2D eigenvalue weighted by molar-refractivity contribution is 5.76. The van der Waals surface area contributed by atoms with Crippen molar-refractivity contribution in [1.29, 1.82) is 0 Å². The first-order valence-corrected chi connectivity index (χ1v) is 10.4. The van der Waals surface area contributed by atoms with Crippen molar-refractivity contribution >= 4 is 5.91 Å². The lowest BCUT2D eigenvalue weighted by molar-refractivity contribution is -0.133. The van der Waals surface area contributed by atoms with E-state index in [-0.39, 0.29) is 0 Å². The van der Waals surface area contributed by atoms with E-state index < -0.39 is 0 Å². The number of hydrogen-bond donors (Lipinski definition) is 0. The summed E-state index contributed by atoms with van der Waals surface area (Å²) in [5.74, 6) is 3.50. The molecule has 2 fully saturated rings. The van der Waals surface area contributed by atoms with E-state index in [1.54, 1.807) is 0 Å². The Labute approximate surface area is 150 Å². The van der Waals surface area contributed by atoms with Gasteiger partial charge < -0.3 is 9.80 Å². The third-order valence-electron chi connectivity index (χ3n) is 6.76. The van der Waals surface area contributed by atoms with Crippen molar-refractivity contribution in [2.75, 3.05) is 26.2 Å². The van der Waals surface area contributed by atoms with Crippen LogP contribution in [0.1, 0.15) is 73.1 Å². The molecule has 0 aromatic carbocycles. The van der Waals surface area contributed by atoms with Crippen LogP contribution in [-0.2, 0) is 4.79 Å². The van der Waals surface area contributed by atoms with Gasteiger partial charge in [-0.1, -0.05) is 20.8 Å². The van der Waals surface area contributed by atoms with E-state index >= 15 is 0 Å². The molecular formula is C21H40N2O. The zero-order valence-corrected chi connectivity index (χ0v) is 16.8. The van der Waals surface area contributed by atoms with E-state index in [4.69, 9.17) is 0 Å². The smallest absolute Gasteiger partial charge is 0.222 e. The predicted octanol–water partition coefficient (Wildman–Crippen LogP) is 4.42. The maximum Gasteiger partial charge on any atom is 0.222 e. The fourth-order valence-electron chi connectivity index (χ4n) is 4.57. The number of carbonyl (C=O) groups is 1. The highest BCUT2D eigenvalue weighted by atomic mass is 16.2. The van der Waals surface area contributed by atoms with Crippen LogP contribution >= 0.6 is 0 Å². The maximum atomic E-state index is 12.5. The number of likely N-dealkylation sites (tertiary alicyclic amines) is 2. The summed E-state index contributed by atoms with van der Waals surface area (Å²) >= 11 is 0. The van der Waals surface area contributed by atoms with E-state index in [1.807, 2.05) is 0 Å². The summed E-state index contributed by atoms with van der Waals surface area (Å²) < 4.78 is 0. The molecule has 1 unspecified atom stereocenters. The Balaban J connectivity index is 1.67. The largest absolute Gasteiger partial charge is 0.343 e. The fraction of sp³-hybridized carbons (Fsp3) is 0.952. The third-order valence-corrected chi connectivity index (χ3v) is 6.76. The van der Waals surface area contributed by atoms with Crippen molar-refractivity contribution in [3.8, 4) is 0 Å². The van der Waals surface area contributed by atoms with Crippen LogP contribution in [0.3, 0.4) is 0 Å². The van der Waals surface area contributed by atoms with Crippen LogP contribution in [0.5, 0.6) is 0 Å². The van der Waals surface area contributed by atoms with E-state index in [2.05, 4.69) is 44.4 Å². The molecule has 1 atom stereocenters. The van der Waals surface area contributed by atoms with Crippen LogP contribution in [0.25, 0.3) is 0 Å². The van der Waals surface area contributed by atoms with Gasteiger partial charge in [0, 0.05) is 25.6 Å². The van der Waals surface area contributed by atoms with Crippen LogP contribution in [-0.4, -0.2) is 47.9 Å². The van der Waals surface area contributed by atoms with Crippen LogP contribution in [0, 0.1) is 23.7 Å². The van der Waals surface area contributed by atoms with Gasteiger partial charge in [-0.05, 0) is 82.7 Å². The van der Waals surface area contributed by atoms with Gasteiger partial charge >= 0.3 is 0 Å². The number of rotatable bonds is 6. The first kappa shape index (κ1) is 19.8. The summed E-state index contributed by atoms with van der Waals surface area (Å²) in [6.07, 6.45) is 6.87. The standard InChI is InChI=1S/C21H40N2O/c1-16(2)19-8-14-23(15-9-19)21(24)7-6-18(5)20-10-12-22(13-11-20)17(3)4/h16-20H,6-15H2,1-5H3. The van der Waals surface area contributed by atoms with Crippen molar-refractivity contribution in [3.63, 3.8) is 0 Å². The van der Waals surface area contributed by atoms with Gasteiger partial charge in [0.15, 0.2) is 0 Å². The number of carbonyl (C=O) groups excluding carboxylic acids is 1. The summed E-state index contributed by atoms with van der Waals surface area (Å²) in [5, 5.41) is 0. The number of nitrogens with zero attached hydrogens (tertiary/aromatic N) is 2. The second-order valence-electron chi connectivity index (χ2n) is 8.95. The van der Waals surface area contributed by atoms with Gasteiger partial charge in [-0.3, -0.25) is 4.79 Å². The molecule has 2 aliphatic heterocycles. The van der Waals surface area contributed by atoms with E-state index in [0.717, 1.165) is 43.7 Å². The molecule has 140 valence electrons. The zero-order valence-electron chi connectivity index (χ0n) is 16.8. The lowest BCUT2D eigenvalue weighted by Crippen LogP contribution is -2.41. The highest BCUT2D eigenvalue weighted by Gasteiger charge is 2.27. The SMILES string of the molecule is CC(C)C1CCN(C(=O)CCC(C)C2CCN(C(C)C)CC2)CC1. The Hall–Kier alpha value is -0.570. The molecule has 0 aromatic rings. The molecule has 3 heteroatoms. The van der Waals surface area contributed by atoms with Crippen molar-refractivity contribution in [2.45, 2.75) is 79.2 Å². The first-order valence-electron chi connectivity index (χ1n) is 10.4. The Morgan fingerprint density at radius 2 is 1.42 bits per heavy atom. The Bertz CT molecular complexity index is 377. The second kappa shape index (κ2) is 9.22. The van der Waals surface area contributed by atoms with Crippen molar-refractivity contribution in [2.24, 2.45) is 23.7 Å². The van der Waals surface area contributed by atoms with Crippen molar-refractivity contribution in [1.82, 2.24) is 9.80 Å². The Morgan fingerprint density at radius 3 is 1.92 bits per heavy atom. The lowest BCUT2D eigenvalue weighted by Gasteiger charge is -2.37. The van der Waals surface area contributed by atoms with Gasteiger partial charge in [-0.25, -0.2) is 0 Å². The van der Waals surface area contributed by atoms with Crippen LogP contribution in [0.15, 0.2) is 0 Å². The molecule has 3 nitrogen and oxygen atoms in total. The third kappa shape index (κ3) is 5.47. The Kier molecular flexibility index (Phi) is 7.59. The molecule has 2 heterocycles. The molecular weight excluding hydrogens is 296 g/mol. The predicted molar refractivity (Wildman–Crippen MR) is 102 cm³/mol. The van der Waals surface area contributed by atoms with Crippen molar-refractivity contribution < 1.29 is 4.79 Å². The summed E-state index contributed by atoms with van der Waals surface area (Å²) in [4.78, 5) is 17.2. The van der Waals surface area contributed by atoms with Crippen LogP contribution in [0.4, 0.5) is 0 Å². The highest BCUT2D eigenvalue weighted by Crippen LogP contribution is 2.29. The normalized spacial score (nSPS) is 23.2. The van der Waals surface area contributed by atoms with Gasteiger partial charge in [-0.2, -0.15) is 0 Å². The number of hydrogen-bond acceptors (Lipinski definition) is 2. The van der Waals surface area contributed by atoms with Gasteiger partial charge in [-0.15, -0.1) is 0 Å². The molecule has 2 saturated heterocycles. The number of piperidine rings is 2. The molecule has 0 spiro atoms. The fourth-order valence-corrected chi connectivity index (χ4v) is 4.57. The summed E-state index contributed by atoms with van der Waals surface area (Å²) in [6.45, 7) is 16.0. The molecule has 0 saturated carbocycles. The minimum atomic E-state index is 0.406. The molecule has 0 bridgehead atoms. The van der Waals surface area contributed by atoms with Gasteiger partial charge in [0.2, 0.25) is 5.91 Å². The Morgan fingerprint density at radius 1 is 0.875 bits per heavy atom. The summed E-state index contributed by atoms with van der Waals surface area (Å²) in [6, 6.07) is 0.677. The van der Waals surface area contributed by atoms with E-state index in [1.165, 1.54) is 38.8 Å². The van der Waals surface area contributed by atoms with Crippen LogP contribution in [0.2, 0.25) is 0 Å². The van der Waals surface area contributed by atoms with Crippen LogP contribution < -0.4 is 0 Å². The molecule has 24 heavy (non-hydrogen) atoms. The lowest BCUT2D eigenvalue weighted by atomic mass is 9.82. The van der Waals surface area contributed by atoms with Crippen molar-refractivity contribution in [3.05, 3.63) is 0 Å². The average molecular weight is 337 g/mol. The van der Waals surface area contributed by atoms with Gasteiger partial charge in [0.05, 0.1) is 0 Å². The first-order chi connectivity index (χ1) is 11.4. The minimum Gasteiger partial charge on any atom is -0.343 e. The molecule has 0 aliphatic carbocycles.